The zero-order valence-electron chi connectivity index (χ0n) is 11.4. The van der Waals surface area contributed by atoms with Crippen LogP contribution in [-0.2, 0) is 0 Å². The number of hydrogen-bond donors (Lipinski definition) is 1. The minimum absolute atomic E-state index is 0.0643. The average Bonchev–Trinajstić information content (AvgIpc) is 3.02. The highest BCUT2D eigenvalue weighted by molar-refractivity contribution is 5.45. The molecule has 0 bridgehead atoms. The van der Waals surface area contributed by atoms with Gasteiger partial charge in [-0.25, -0.2) is 14.1 Å². The highest BCUT2D eigenvalue weighted by atomic mass is 19.1. The second kappa shape index (κ2) is 5.70. The third kappa shape index (κ3) is 3.05. The van der Waals surface area contributed by atoms with Crippen LogP contribution in [0.5, 0.6) is 0 Å². The Hall–Kier alpha value is -2.76. The molecular formula is C15H14FN5. The van der Waals surface area contributed by atoms with Gasteiger partial charge in [0, 0.05) is 18.6 Å². The Labute approximate surface area is 121 Å². The topological polar surface area (TPSA) is 55.6 Å². The van der Waals surface area contributed by atoms with Gasteiger partial charge in [0.05, 0.1) is 24.1 Å². The molecule has 0 spiro atoms. The molecule has 0 fully saturated rings. The van der Waals surface area contributed by atoms with E-state index < -0.39 is 0 Å². The quantitative estimate of drug-likeness (QED) is 0.799. The number of aromatic nitrogens is 4. The van der Waals surface area contributed by atoms with Gasteiger partial charge in [-0.2, -0.15) is 5.10 Å². The molecule has 106 valence electrons. The van der Waals surface area contributed by atoms with Gasteiger partial charge in [-0.05, 0) is 36.8 Å². The van der Waals surface area contributed by atoms with E-state index in [9.17, 15) is 4.39 Å². The monoisotopic (exact) mass is 283 g/mol. The maximum atomic E-state index is 13.2. The van der Waals surface area contributed by atoms with Crippen molar-refractivity contribution >= 4 is 5.69 Å². The molecule has 0 saturated heterocycles. The number of anilines is 1. The highest BCUT2D eigenvalue weighted by Crippen LogP contribution is 2.19. The molecule has 0 aliphatic carbocycles. The second-order valence-electron chi connectivity index (χ2n) is 4.66. The average molecular weight is 283 g/mol. The predicted molar refractivity (Wildman–Crippen MR) is 77.6 cm³/mol. The Kier molecular flexibility index (Phi) is 3.59. The summed E-state index contributed by atoms with van der Waals surface area (Å²) in [7, 11) is 0. The van der Waals surface area contributed by atoms with Crippen LogP contribution >= 0.6 is 0 Å². The zero-order valence-corrected chi connectivity index (χ0v) is 11.4. The van der Waals surface area contributed by atoms with E-state index in [-0.39, 0.29) is 11.9 Å². The van der Waals surface area contributed by atoms with Gasteiger partial charge in [-0.3, -0.25) is 4.98 Å². The normalized spacial score (nSPS) is 12.1. The van der Waals surface area contributed by atoms with Crippen molar-refractivity contribution in [2.45, 2.75) is 13.0 Å². The molecule has 6 heteroatoms. The number of halogens is 1. The molecular weight excluding hydrogens is 269 g/mol. The van der Waals surface area contributed by atoms with E-state index in [0.717, 1.165) is 17.1 Å². The molecule has 0 amide bonds. The summed E-state index contributed by atoms with van der Waals surface area (Å²) in [5, 5.41) is 7.38. The molecule has 1 unspecified atom stereocenters. The summed E-state index contributed by atoms with van der Waals surface area (Å²) in [5.74, 6) is 0.402. The first kappa shape index (κ1) is 13.2. The Morgan fingerprint density at radius 3 is 2.81 bits per heavy atom. The summed E-state index contributed by atoms with van der Waals surface area (Å²) in [4.78, 5) is 8.19. The van der Waals surface area contributed by atoms with E-state index in [2.05, 4.69) is 20.4 Å². The lowest BCUT2D eigenvalue weighted by atomic mass is 10.1. The zero-order chi connectivity index (χ0) is 14.7. The molecule has 0 aliphatic rings. The fourth-order valence-corrected chi connectivity index (χ4v) is 2.01. The smallest absolute Gasteiger partial charge is 0.153 e. The maximum absolute atomic E-state index is 13.2. The van der Waals surface area contributed by atoms with Crippen LogP contribution in [0.2, 0.25) is 0 Å². The van der Waals surface area contributed by atoms with Crippen LogP contribution in [0.4, 0.5) is 10.1 Å². The fourth-order valence-electron chi connectivity index (χ4n) is 2.01. The van der Waals surface area contributed by atoms with E-state index in [4.69, 9.17) is 0 Å². The van der Waals surface area contributed by atoms with E-state index >= 15 is 0 Å². The van der Waals surface area contributed by atoms with E-state index in [1.54, 1.807) is 23.3 Å². The van der Waals surface area contributed by atoms with E-state index in [1.807, 2.05) is 31.3 Å². The predicted octanol–water partition coefficient (Wildman–Crippen LogP) is 2.97. The van der Waals surface area contributed by atoms with Crippen molar-refractivity contribution in [3.63, 3.8) is 0 Å². The minimum atomic E-state index is -0.340. The van der Waals surface area contributed by atoms with Gasteiger partial charge in [0.15, 0.2) is 5.82 Å². The van der Waals surface area contributed by atoms with Gasteiger partial charge in [0.25, 0.3) is 0 Å². The molecule has 1 N–H and O–H groups in total. The first-order valence-electron chi connectivity index (χ1n) is 6.55. The molecule has 3 aromatic rings. The Morgan fingerprint density at radius 1 is 1.24 bits per heavy atom. The molecule has 0 aromatic carbocycles. The Morgan fingerprint density at radius 2 is 2.14 bits per heavy atom. The first-order valence-corrected chi connectivity index (χ1v) is 6.55. The van der Waals surface area contributed by atoms with Gasteiger partial charge in [-0.15, -0.1) is 0 Å². The van der Waals surface area contributed by atoms with Crippen molar-refractivity contribution in [3.05, 3.63) is 66.6 Å². The molecule has 1 atom stereocenters. The number of rotatable bonds is 4. The maximum Gasteiger partial charge on any atom is 0.153 e. The van der Waals surface area contributed by atoms with Gasteiger partial charge >= 0.3 is 0 Å². The Balaban J connectivity index is 1.73. The molecule has 0 aliphatic heterocycles. The van der Waals surface area contributed by atoms with Crippen LogP contribution in [0.3, 0.4) is 0 Å². The van der Waals surface area contributed by atoms with E-state index in [1.165, 1.54) is 12.3 Å². The lowest BCUT2D eigenvalue weighted by molar-refractivity contribution is 0.616. The third-order valence-electron chi connectivity index (χ3n) is 3.10. The van der Waals surface area contributed by atoms with E-state index in [0.29, 0.717) is 0 Å². The van der Waals surface area contributed by atoms with Crippen molar-refractivity contribution < 1.29 is 4.39 Å². The summed E-state index contributed by atoms with van der Waals surface area (Å²) in [5.41, 5.74) is 1.63. The van der Waals surface area contributed by atoms with Crippen LogP contribution in [0.25, 0.3) is 5.82 Å². The van der Waals surface area contributed by atoms with Crippen LogP contribution < -0.4 is 5.32 Å². The van der Waals surface area contributed by atoms with Crippen LogP contribution in [0, 0.1) is 5.82 Å². The van der Waals surface area contributed by atoms with Crippen molar-refractivity contribution in [1.29, 1.82) is 0 Å². The van der Waals surface area contributed by atoms with Crippen molar-refractivity contribution in [2.75, 3.05) is 5.32 Å². The van der Waals surface area contributed by atoms with Gasteiger partial charge in [0.2, 0.25) is 0 Å². The molecule has 3 aromatic heterocycles. The summed E-state index contributed by atoms with van der Waals surface area (Å²) in [6.07, 6.45) is 8.09. The molecule has 0 saturated carbocycles. The standard InChI is InChI=1S/C15H14FN5/c1-11(12-7-13(16)9-17-8-12)20-14-3-4-15(18-10-14)21-6-2-5-19-21/h2-11,20H,1H3. The third-order valence-corrected chi connectivity index (χ3v) is 3.10. The molecule has 5 nitrogen and oxygen atoms in total. The number of nitrogens with one attached hydrogen (secondary N) is 1. The highest BCUT2D eigenvalue weighted by Gasteiger charge is 2.07. The van der Waals surface area contributed by atoms with Crippen molar-refractivity contribution in [3.8, 4) is 5.82 Å². The Bertz CT molecular complexity index is 709. The molecule has 3 rings (SSSR count). The second-order valence-corrected chi connectivity index (χ2v) is 4.66. The van der Waals surface area contributed by atoms with Crippen LogP contribution in [0.1, 0.15) is 18.5 Å². The summed E-state index contributed by atoms with van der Waals surface area (Å²) < 4.78 is 14.8. The largest absolute Gasteiger partial charge is 0.377 e. The lowest BCUT2D eigenvalue weighted by Crippen LogP contribution is -2.08. The minimum Gasteiger partial charge on any atom is -0.377 e. The van der Waals surface area contributed by atoms with Crippen molar-refractivity contribution in [2.24, 2.45) is 0 Å². The first-order chi connectivity index (χ1) is 10.2. The lowest BCUT2D eigenvalue weighted by Gasteiger charge is -2.15. The SMILES string of the molecule is CC(Nc1ccc(-n2cccn2)nc1)c1cncc(F)c1. The van der Waals surface area contributed by atoms with Gasteiger partial charge < -0.3 is 5.32 Å². The molecule has 3 heterocycles. The number of nitrogens with zero attached hydrogens (tertiary/aromatic N) is 4. The van der Waals surface area contributed by atoms with Gasteiger partial charge in [0.1, 0.15) is 5.82 Å². The molecule has 0 radical (unpaired) electrons. The number of pyridine rings is 2. The summed E-state index contributed by atoms with van der Waals surface area (Å²) in [6, 6.07) is 7.02. The van der Waals surface area contributed by atoms with Crippen molar-refractivity contribution in [1.82, 2.24) is 19.7 Å². The molecule has 21 heavy (non-hydrogen) atoms. The van der Waals surface area contributed by atoms with Crippen LogP contribution in [-0.4, -0.2) is 19.7 Å². The van der Waals surface area contributed by atoms with Crippen LogP contribution in [0.15, 0.2) is 55.2 Å². The van der Waals surface area contributed by atoms with Gasteiger partial charge in [-0.1, -0.05) is 0 Å². The number of hydrogen-bond acceptors (Lipinski definition) is 4. The summed E-state index contributed by atoms with van der Waals surface area (Å²) in [6.45, 7) is 1.94. The fraction of sp³-hybridized carbons (Fsp3) is 0.133. The summed E-state index contributed by atoms with van der Waals surface area (Å²) >= 11 is 0.